The highest BCUT2D eigenvalue weighted by atomic mass is 32.1. The van der Waals surface area contributed by atoms with Gasteiger partial charge in [-0.05, 0) is 37.1 Å². The number of aryl methyl sites for hydroxylation is 2. The normalized spacial score (nSPS) is 9.94. The minimum atomic E-state index is 0.412. The summed E-state index contributed by atoms with van der Waals surface area (Å²) in [5, 5.41) is 9.51. The lowest BCUT2D eigenvalue weighted by atomic mass is 10.1. The van der Waals surface area contributed by atoms with E-state index in [0.29, 0.717) is 11.5 Å². The van der Waals surface area contributed by atoms with E-state index >= 15 is 0 Å². The number of aromatic nitrogens is 1. The third kappa shape index (κ3) is 3.05. The van der Waals surface area contributed by atoms with E-state index in [2.05, 4.69) is 17.1 Å². The fraction of sp³-hybridized carbons (Fsp3) is 0.231. The molecule has 0 aliphatic rings. The molecule has 2 aromatic rings. The number of rotatable bonds is 3. The van der Waals surface area contributed by atoms with Gasteiger partial charge in [0.2, 0.25) is 0 Å². The molecule has 0 aliphatic carbocycles. The SMILES string of the molecule is Cc1cc(C)cc(OCc2ncc(C#N)s2)c1. The molecule has 0 saturated carbocycles. The Kier molecular flexibility index (Phi) is 3.40. The number of hydrogen-bond acceptors (Lipinski definition) is 4. The first-order valence-electron chi connectivity index (χ1n) is 5.23. The van der Waals surface area contributed by atoms with E-state index in [0.717, 1.165) is 10.8 Å². The Bertz CT molecular complexity index is 549. The van der Waals surface area contributed by atoms with Gasteiger partial charge in [0.25, 0.3) is 0 Å². The molecule has 0 unspecified atom stereocenters. The molecule has 0 aliphatic heterocycles. The van der Waals surface area contributed by atoms with Gasteiger partial charge in [0.05, 0.1) is 6.20 Å². The summed E-state index contributed by atoms with van der Waals surface area (Å²) >= 11 is 1.36. The summed E-state index contributed by atoms with van der Waals surface area (Å²) in [5.74, 6) is 0.844. The zero-order valence-corrected chi connectivity index (χ0v) is 10.5. The largest absolute Gasteiger partial charge is 0.486 e. The minimum Gasteiger partial charge on any atom is -0.486 e. The lowest BCUT2D eigenvalue weighted by molar-refractivity contribution is 0.305. The number of thiazole rings is 1. The van der Waals surface area contributed by atoms with Crippen molar-refractivity contribution in [1.29, 1.82) is 5.26 Å². The highest BCUT2D eigenvalue weighted by molar-refractivity contribution is 7.12. The third-order valence-corrected chi connectivity index (χ3v) is 3.10. The highest BCUT2D eigenvalue weighted by Gasteiger charge is 2.03. The van der Waals surface area contributed by atoms with Crippen molar-refractivity contribution in [3.05, 3.63) is 45.4 Å². The molecule has 1 heterocycles. The molecule has 2 rings (SSSR count). The summed E-state index contributed by atoms with van der Waals surface area (Å²) in [7, 11) is 0. The van der Waals surface area contributed by atoms with Gasteiger partial charge in [-0.25, -0.2) is 4.98 Å². The Hall–Kier alpha value is -1.86. The number of nitriles is 1. The Morgan fingerprint density at radius 1 is 1.29 bits per heavy atom. The molecule has 4 heteroatoms. The molecule has 0 atom stereocenters. The van der Waals surface area contributed by atoms with Crippen molar-refractivity contribution in [3.8, 4) is 11.8 Å². The molecular formula is C13H12N2OS. The van der Waals surface area contributed by atoms with Gasteiger partial charge in [-0.2, -0.15) is 5.26 Å². The second-order valence-corrected chi connectivity index (χ2v) is 4.96. The molecule has 0 saturated heterocycles. The van der Waals surface area contributed by atoms with Gasteiger partial charge in [0, 0.05) is 0 Å². The highest BCUT2D eigenvalue weighted by Crippen LogP contribution is 2.19. The zero-order chi connectivity index (χ0) is 12.3. The Morgan fingerprint density at radius 3 is 2.59 bits per heavy atom. The average molecular weight is 244 g/mol. The van der Waals surface area contributed by atoms with Crippen molar-refractivity contribution in [2.24, 2.45) is 0 Å². The van der Waals surface area contributed by atoms with Crippen LogP contribution in [0.4, 0.5) is 0 Å². The second-order valence-electron chi connectivity index (χ2n) is 3.84. The first-order valence-corrected chi connectivity index (χ1v) is 6.05. The number of hydrogen-bond donors (Lipinski definition) is 0. The maximum Gasteiger partial charge on any atom is 0.140 e. The maximum atomic E-state index is 8.69. The second kappa shape index (κ2) is 4.98. The summed E-state index contributed by atoms with van der Waals surface area (Å²) in [6, 6.07) is 8.15. The minimum absolute atomic E-state index is 0.412. The van der Waals surface area contributed by atoms with E-state index in [-0.39, 0.29) is 0 Å². The maximum absolute atomic E-state index is 8.69. The monoisotopic (exact) mass is 244 g/mol. The number of ether oxygens (including phenoxy) is 1. The van der Waals surface area contributed by atoms with Gasteiger partial charge < -0.3 is 4.74 Å². The van der Waals surface area contributed by atoms with E-state index in [1.165, 1.54) is 22.5 Å². The molecule has 0 bridgehead atoms. The third-order valence-electron chi connectivity index (χ3n) is 2.22. The van der Waals surface area contributed by atoms with Crippen molar-refractivity contribution in [2.45, 2.75) is 20.5 Å². The van der Waals surface area contributed by atoms with Gasteiger partial charge in [-0.15, -0.1) is 11.3 Å². The summed E-state index contributed by atoms with van der Waals surface area (Å²) < 4.78 is 5.65. The first-order chi connectivity index (χ1) is 8.17. The van der Waals surface area contributed by atoms with Crippen LogP contribution in [-0.2, 0) is 6.61 Å². The molecular weight excluding hydrogens is 232 g/mol. The molecule has 86 valence electrons. The van der Waals surface area contributed by atoms with Crippen LogP contribution >= 0.6 is 11.3 Å². The van der Waals surface area contributed by atoms with Gasteiger partial charge >= 0.3 is 0 Å². The van der Waals surface area contributed by atoms with Crippen LogP contribution in [0.1, 0.15) is 21.0 Å². The van der Waals surface area contributed by atoms with Crippen molar-refractivity contribution in [3.63, 3.8) is 0 Å². The average Bonchev–Trinajstić information content (AvgIpc) is 2.73. The zero-order valence-electron chi connectivity index (χ0n) is 9.73. The predicted octanol–water partition coefficient (Wildman–Crippen LogP) is 3.21. The van der Waals surface area contributed by atoms with Crippen LogP contribution < -0.4 is 4.74 Å². The quantitative estimate of drug-likeness (QED) is 0.832. The molecule has 0 N–H and O–H groups in total. The van der Waals surface area contributed by atoms with E-state index in [1.54, 1.807) is 6.20 Å². The number of benzene rings is 1. The van der Waals surface area contributed by atoms with E-state index in [9.17, 15) is 0 Å². The first kappa shape index (κ1) is 11.6. The van der Waals surface area contributed by atoms with Crippen LogP contribution in [0.15, 0.2) is 24.4 Å². The Balaban J connectivity index is 2.04. The number of nitrogens with zero attached hydrogens (tertiary/aromatic N) is 2. The van der Waals surface area contributed by atoms with Crippen molar-refractivity contribution in [2.75, 3.05) is 0 Å². The van der Waals surface area contributed by atoms with Gasteiger partial charge in [0.15, 0.2) is 0 Å². The van der Waals surface area contributed by atoms with Gasteiger partial charge in [-0.1, -0.05) is 6.07 Å². The predicted molar refractivity (Wildman–Crippen MR) is 67.1 cm³/mol. The van der Waals surface area contributed by atoms with Crippen molar-refractivity contribution in [1.82, 2.24) is 4.98 Å². The van der Waals surface area contributed by atoms with Crippen LogP contribution in [0.5, 0.6) is 5.75 Å². The lowest BCUT2D eigenvalue weighted by Gasteiger charge is -2.06. The summed E-state index contributed by atoms with van der Waals surface area (Å²) in [6.07, 6.45) is 1.57. The van der Waals surface area contributed by atoms with Crippen LogP contribution in [0.3, 0.4) is 0 Å². The smallest absolute Gasteiger partial charge is 0.140 e. The Labute approximate surface area is 104 Å². The molecule has 17 heavy (non-hydrogen) atoms. The molecule has 3 nitrogen and oxygen atoms in total. The lowest BCUT2D eigenvalue weighted by Crippen LogP contribution is -1.95. The van der Waals surface area contributed by atoms with Crippen molar-refractivity contribution < 1.29 is 4.74 Å². The van der Waals surface area contributed by atoms with Gasteiger partial charge in [-0.3, -0.25) is 0 Å². The van der Waals surface area contributed by atoms with E-state index in [1.807, 2.05) is 26.0 Å². The Morgan fingerprint density at radius 2 is 2.00 bits per heavy atom. The fourth-order valence-corrected chi connectivity index (χ4v) is 2.22. The van der Waals surface area contributed by atoms with Crippen LogP contribution in [0.2, 0.25) is 0 Å². The van der Waals surface area contributed by atoms with Gasteiger partial charge in [0.1, 0.15) is 28.3 Å². The molecule has 1 aromatic heterocycles. The molecule has 1 aromatic carbocycles. The van der Waals surface area contributed by atoms with Crippen LogP contribution in [-0.4, -0.2) is 4.98 Å². The van der Waals surface area contributed by atoms with Crippen molar-refractivity contribution >= 4 is 11.3 Å². The summed E-state index contributed by atoms with van der Waals surface area (Å²) in [5.41, 5.74) is 2.36. The summed E-state index contributed by atoms with van der Waals surface area (Å²) in [6.45, 7) is 4.49. The standard InChI is InChI=1S/C13H12N2OS/c1-9-3-10(2)5-11(4-9)16-8-13-15-7-12(6-14)17-13/h3-5,7H,8H2,1-2H3. The van der Waals surface area contributed by atoms with Crippen LogP contribution in [0, 0.1) is 25.2 Å². The topological polar surface area (TPSA) is 45.9 Å². The van der Waals surface area contributed by atoms with E-state index in [4.69, 9.17) is 10.00 Å². The molecule has 0 fully saturated rings. The molecule has 0 amide bonds. The van der Waals surface area contributed by atoms with E-state index < -0.39 is 0 Å². The molecule has 0 spiro atoms. The van der Waals surface area contributed by atoms with Crippen LogP contribution in [0.25, 0.3) is 0 Å². The summed E-state index contributed by atoms with van der Waals surface area (Å²) in [4.78, 5) is 4.73. The fourth-order valence-electron chi connectivity index (χ4n) is 1.59. The molecule has 0 radical (unpaired) electrons.